The number of nitrogens with one attached hydrogen (secondary N) is 1. The maximum absolute atomic E-state index is 13.3. The molecule has 0 aliphatic carbocycles. The number of nitrogens with zero attached hydrogens (tertiary/aromatic N) is 2. The fourth-order valence-electron chi connectivity index (χ4n) is 4.20. The van der Waals surface area contributed by atoms with Gasteiger partial charge in [-0.05, 0) is 61.2 Å². The summed E-state index contributed by atoms with van der Waals surface area (Å²) in [6.07, 6.45) is 3.91. The smallest absolute Gasteiger partial charge is 0.254 e. The summed E-state index contributed by atoms with van der Waals surface area (Å²) in [5.41, 5.74) is 3.10. The minimum Gasteiger partial charge on any atom is -0.381 e. The Labute approximate surface area is 189 Å². The molecule has 1 aliphatic heterocycles. The highest BCUT2D eigenvalue weighted by Gasteiger charge is 2.35. The standard InChI is InChI=1S/C24H25BrFN3O2/c1-2-22-21(15-28-29(22)20-8-6-19(26)7-9-20)23(30)27-16-24(10-12-31-13-11-24)17-4-3-5-18(25)14-17/h3-9,14-15H,2,10-13,16H2,1H3,(H,27,30). The number of carbonyl (C=O) groups is 1. The third-order valence-corrected chi connectivity index (χ3v) is 6.49. The monoisotopic (exact) mass is 485 g/mol. The van der Waals surface area contributed by atoms with Crippen molar-refractivity contribution < 1.29 is 13.9 Å². The Bertz CT molecular complexity index is 1060. The van der Waals surface area contributed by atoms with Crippen molar-refractivity contribution in [1.82, 2.24) is 15.1 Å². The van der Waals surface area contributed by atoms with Crippen LogP contribution < -0.4 is 5.32 Å². The molecule has 162 valence electrons. The SMILES string of the molecule is CCc1c(C(=O)NCC2(c3cccc(Br)c3)CCOCC2)cnn1-c1ccc(F)cc1. The number of rotatable bonds is 6. The summed E-state index contributed by atoms with van der Waals surface area (Å²) in [4.78, 5) is 13.1. The van der Waals surface area contributed by atoms with Gasteiger partial charge in [-0.25, -0.2) is 9.07 Å². The van der Waals surface area contributed by atoms with E-state index >= 15 is 0 Å². The van der Waals surface area contributed by atoms with Crippen molar-refractivity contribution in [3.63, 3.8) is 0 Å². The number of benzene rings is 2. The first-order valence-corrected chi connectivity index (χ1v) is 11.3. The maximum Gasteiger partial charge on any atom is 0.254 e. The summed E-state index contributed by atoms with van der Waals surface area (Å²) >= 11 is 3.56. The quantitative estimate of drug-likeness (QED) is 0.544. The van der Waals surface area contributed by atoms with Gasteiger partial charge in [0, 0.05) is 29.6 Å². The first-order chi connectivity index (χ1) is 15.0. The van der Waals surface area contributed by atoms with Gasteiger partial charge in [0.25, 0.3) is 5.91 Å². The molecule has 0 bridgehead atoms. The molecular formula is C24H25BrFN3O2. The Morgan fingerprint density at radius 1 is 1.23 bits per heavy atom. The van der Waals surface area contributed by atoms with E-state index in [4.69, 9.17) is 4.74 Å². The van der Waals surface area contributed by atoms with Crippen LogP contribution in [0.2, 0.25) is 0 Å². The van der Waals surface area contributed by atoms with Gasteiger partial charge in [-0.2, -0.15) is 5.10 Å². The van der Waals surface area contributed by atoms with Crippen LogP contribution in [-0.2, 0) is 16.6 Å². The van der Waals surface area contributed by atoms with Crippen LogP contribution in [0.4, 0.5) is 4.39 Å². The van der Waals surface area contributed by atoms with Crippen LogP contribution in [0, 0.1) is 5.82 Å². The average Bonchev–Trinajstić information content (AvgIpc) is 3.23. The van der Waals surface area contributed by atoms with Gasteiger partial charge >= 0.3 is 0 Å². The molecule has 1 N–H and O–H groups in total. The van der Waals surface area contributed by atoms with E-state index in [0.29, 0.717) is 31.7 Å². The molecule has 1 fully saturated rings. The summed E-state index contributed by atoms with van der Waals surface area (Å²) in [5, 5.41) is 7.55. The number of hydrogen-bond donors (Lipinski definition) is 1. The minimum absolute atomic E-state index is 0.147. The molecule has 0 spiro atoms. The lowest BCUT2D eigenvalue weighted by Gasteiger charge is -2.38. The fraction of sp³-hybridized carbons (Fsp3) is 0.333. The van der Waals surface area contributed by atoms with Gasteiger partial charge < -0.3 is 10.1 Å². The highest BCUT2D eigenvalue weighted by Crippen LogP contribution is 2.35. The second-order valence-corrected chi connectivity index (χ2v) is 8.75. The van der Waals surface area contributed by atoms with Gasteiger partial charge in [0.05, 0.1) is 23.1 Å². The van der Waals surface area contributed by atoms with Gasteiger partial charge in [-0.1, -0.05) is 35.0 Å². The Morgan fingerprint density at radius 3 is 2.65 bits per heavy atom. The molecule has 0 unspecified atom stereocenters. The molecule has 4 rings (SSSR count). The summed E-state index contributed by atoms with van der Waals surface area (Å²) in [6, 6.07) is 14.4. The average molecular weight is 486 g/mol. The van der Waals surface area contributed by atoms with E-state index in [1.165, 1.54) is 17.7 Å². The molecule has 0 radical (unpaired) electrons. The molecule has 5 nitrogen and oxygen atoms in total. The van der Waals surface area contributed by atoms with Crippen molar-refractivity contribution in [3.05, 3.63) is 81.8 Å². The maximum atomic E-state index is 13.3. The van der Waals surface area contributed by atoms with Crippen molar-refractivity contribution in [3.8, 4) is 5.69 Å². The predicted octanol–water partition coefficient (Wildman–Crippen LogP) is 4.81. The number of carbonyl (C=O) groups excluding carboxylic acids is 1. The molecule has 7 heteroatoms. The van der Waals surface area contributed by atoms with Gasteiger partial charge in [-0.3, -0.25) is 4.79 Å². The van der Waals surface area contributed by atoms with Gasteiger partial charge in [0.2, 0.25) is 0 Å². The normalized spacial score (nSPS) is 15.6. The topological polar surface area (TPSA) is 56.1 Å². The lowest BCUT2D eigenvalue weighted by molar-refractivity contribution is 0.0487. The van der Waals surface area contributed by atoms with E-state index < -0.39 is 0 Å². The highest BCUT2D eigenvalue weighted by molar-refractivity contribution is 9.10. The molecule has 2 aromatic carbocycles. The van der Waals surface area contributed by atoms with Gasteiger partial charge in [0.1, 0.15) is 5.82 Å². The Morgan fingerprint density at radius 2 is 1.97 bits per heavy atom. The van der Waals surface area contributed by atoms with Crippen molar-refractivity contribution in [1.29, 1.82) is 0 Å². The van der Waals surface area contributed by atoms with E-state index in [0.717, 1.165) is 28.7 Å². The molecule has 3 aromatic rings. The third-order valence-electron chi connectivity index (χ3n) is 5.99. The lowest BCUT2D eigenvalue weighted by atomic mass is 9.74. The summed E-state index contributed by atoms with van der Waals surface area (Å²) in [6.45, 7) is 3.85. The zero-order valence-corrected chi connectivity index (χ0v) is 19.0. The van der Waals surface area contributed by atoms with E-state index in [2.05, 4.69) is 38.5 Å². The summed E-state index contributed by atoms with van der Waals surface area (Å²) < 4.78 is 21.6. The van der Waals surface area contributed by atoms with E-state index in [9.17, 15) is 9.18 Å². The van der Waals surface area contributed by atoms with Crippen LogP contribution in [0.1, 0.15) is 41.4 Å². The van der Waals surface area contributed by atoms with Crippen LogP contribution in [0.25, 0.3) is 5.69 Å². The third kappa shape index (κ3) is 4.57. The molecule has 1 aliphatic rings. The number of aromatic nitrogens is 2. The zero-order valence-electron chi connectivity index (χ0n) is 17.4. The number of amides is 1. The highest BCUT2D eigenvalue weighted by atomic mass is 79.9. The molecule has 31 heavy (non-hydrogen) atoms. The second-order valence-electron chi connectivity index (χ2n) is 7.83. The largest absolute Gasteiger partial charge is 0.381 e. The van der Waals surface area contributed by atoms with Gasteiger partial charge in [0.15, 0.2) is 0 Å². The van der Waals surface area contributed by atoms with Crippen LogP contribution in [0.15, 0.2) is 59.2 Å². The van der Waals surface area contributed by atoms with E-state index in [-0.39, 0.29) is 17.1 Å². The minimum atomic E-state index is -0.304. The number of hydrogen-bond acceptors (Lipinski definition) is 3. The van der Waals surface area contributed by atoms with E-state index in [1.807, 2.05) is 19.1 Å². The predicted molar refractivity (Wildman–Crippen MR) is 121 cm³/mol. The Kier molecular flexibility index (Phi) is 6.53. The molecule has 1 amide bonds. The Hall–Kier alpha value is -2.51. The first kappa shape index (κ1) is 21.7. The van der Waals surface area contributed by atoms with Crippen LogP contribution >= 0.6 is 15.9 Å². The van der Waals surface area contributed by atoms with Crippen molar-refractivity contribution in [2.45, 2.75) is 31.6 Å². The molecule has 1 saturated heterocycles. The van der Waals surface area contributed by atoms with E-state index in [1.54, 1.807) is 23.0 Å². The Balaban J connectivity index is 1.57. The summed E-state index contributed by atoms with van der Waals surface area (Å²) in [7, 11) is 0. The fourth-order valence-corrected chi connectivity index (χ4v) is 4.60. The molecule has 2 heterocycles. The second kappa shape index (κ2) is 9.32. The number of ether oxygens (including phenoxy) is 1. The molecule has 0 saturated carbocycles. The van der Waals surface area contributed by atoms with Crippen molar-refractivity contribution in [2.24, 2.45) is 0 Å². The summed E-state index contributed by atoms with van der Waals surface area (Å²) in [5.74, 6) is -0.452. The first-order valence-electron chi connectivity index (χ1n) is 10.5. The lowest BCUT2D eigenvalue weighted by Crippen LogP contribution is -2.44. The molecule has 1 aromatic heterocycles. The molecule has 0 atom stereocenters. The van der Waals surface area contributed by atoms with Crippen molar-refractivity contribution >= 4 is 21.8 Å². The zero-order chi connectivity index (χ0) is 21.8. The van der Waals surface area contributed by atoms with Gasteiger partial charge in [-0.15, -0.1) is 0 Å². The van der Waals surface area contributed by atoms with Crippen LogP contribution in [-0.4, -0.2) is 35.4 Å². The van der Waals surface area contributed by atoms with Crippen LogP contribution in [0.5, 0.6) is 0 Å². The number of halogens is 2. The van der Waals surface area contributed by atoms with Crippen LogP contribution in [0.3, 0.4) is 0 Å². The molecular weight excluding hydrogens is 461 g/mol. The van der Waals surface area contributed by atoms with Crippen molar-refractivity contribution in [2.75, 3.05) is 19.8 Å².